The molecule has 0 unspecified atom stereocenters. The number of nitrogens with one attached hydrogen (secondary N) is 1. The maximum atomic E-state index is 12.3. The van der Waals surface area contributed by atoms with Crippen molar-refractivity contribution in [3.63, 3.8) is 0 Å². The number of hydrogen-bond acceptors (Lipinski definition) is 3. The number of carbonyl (C=O) groups excluding carboxylic acids is 1. The number of hydrogen-bond donors (Lipinski definition) is 2. The maximum absolute atomic E-state index is 12.3. The highest BCUT2D eigenvalue weighted by molar-refractivity contribution is 5.92. The standard InChI is InChI=1S/C16H22N2O3/c1-12-5-8-17-11-13(12)18-14(19)9-16(10-15(20)21)6-3-2-4-7-16/h5,8,11H,2-4,6-7,9-10H2,1H3,(H,18,19)(H,20,21). The minimum Gasteiger partial charge on any atom is -0.481 e. The molecule has 0 radical (unpaired) electrons. The van der Waals surface area contributed by atoms with Crippen molar-refractivity contribution in [2.24, 2.45) is 5.41 Å². The SMILES string of the molecule is Cc1ccncc1NC(=O)CC1(CC(=O)O)CCCCC1. The smallest absolute Gasteiger partial charge is 0.303 e. The van der Waals surface area contributed by atoms with Crippen LogP contribution in [0.15, 0.2) is 18.5 Å². The van der Waals surface area contributed by atoms with Crippen molar-refractivity contribution in [3.8, 4) is 0 Å². The van der Waals surface area contributed by atoms with Gasteiger partial charge < -0.3 is 10.4 Å². The molecule has 0 saturated heterocycles. The highest BCUT2D eigenvalue weighted by Gasteiger charge is 2.36. The molecule has 0 aliphatic heterocycles. The van der Waals surface area contributed by atoms with Crippen LogP contribution in [0.3, 0.4) is 0 Å². The molecule has 2 N–H and O–H groups in total. The number of aryl methyl sites for hydroxylation is 1. The largest absolute Gasteiger partial charge is 0.481 e. The molecule has 1 heterocycles. The van der Waals surface area contributed by atoms with Gasteiger partial charge in [0.25, 0.3) is 0 Å². The van der Waals surface area contributed by atoms with Gasteiger partial charge in [-0.3, -0.25) is 14.6 Å². The van der Waals surface area contributed by atoms with Crippen LogP contribution in [0.5, 0.6) is 0 Å². The Labute approximate surface area is 124 Å². The van der Waals surface area contributed by atoms with Gasteiger partial charge in [0.2, 0.25) is 5.91 Å². The number of carbonyl (C=O) groups is 2. The van der Waals surface area contributed by atoms with Gasteiger partial charge >= 0.3 is 5.97 Å². The van der Waals surface area contributed by atoms with E-state index in [1.54, 1.807) is 12.4 Å². The maximum Gasteiger partial charge on any atom is 0.303 e. The first-order valence-electron chi connectivity index (χ1n) is 7.43. The van der Waals surface area contributed by atoms with Gasteiger partial charge in [-0.25, -0.2) is 0 Å². The van der Waals surface area contributed by atoms with E-state index in [4.69, 9.17) is 5.11 Å². The zero-order valence-corrected chi connectivity index (χ0v) is 12.4. The van der Waals surface area contributed by atoms with Gasteiger partial charge in [-0.1, -0.05) is 19.3 Å². The van der Waals surface area contributed by atoms with E-state index in [2.05, 4.69) is 10.3 Å². The minimum atomic E-state index is -0.817. The van der Waals surface area contributed by atoms with Crippen molar-refractivity contribution in [3.05, 3.63) is 24.0 Å². The minimum absolute atomic E-state index is 0.0758. The van der Waals surface area contributed by atoms with Crippen molar-refractivity contribution in [2.75, 3.05) is 5.32 Å². The molecule has 0 spiro atoms. The summed E-state index contributed by atoms with van der Waals surface area (Å²) in [4.78, 5) is 27.4. The molecule has 1 fully saturated rings. The Balaban J connectivity index is 2.04. The fourth-order valence-corrected chi connectivity index (χ4v) is 3.17. The molecule has 1 aromatic rings. The average Bonchev–Trinajstić information content (AvgIpc) is 2.41. The van der Waals surface area contributed by atoms with Gasteiger partial charge in [-0.15, -0.1) is 0 Å². The third kappa shape index (κ3) is 4.28. The zero-order chi connectivity index (χ0) is 15.3. The van der Waals surface area contributed by atoms with Crippen molar-refractivity contribution < 1.29 is 14.7 Å². The number of aromatic nitrogens is 1. The molecule has 1 aliphatic rings. The van der Waals surface area contributed by atoms with E-state index in [1.165, 1.54) is 0 Å². The van der Waals surface area contributed by atoms with E-state index in [-0.39, 0.29) is 24.2 Å². The van der Waals surface area contributed by atoms with Gasteiger partial charge in [-0.05, 0) is 36.8 Å². The molecular weight excluding hydrogens is 268 g/mol. The summed E-state index contributed by atoms with van der Waals surface area (Å²) in [6.07, 6.45) is 8.43. The van der Waals surface area contributed by atoms with Crippen LogP contribution in [0, 0.1) is 12.3 Å². The van der Waals surface area contributed by atoms with Gasteiger partial charge in [0.1, 0.15) is 0 Å². The summed E-state index contributed by atoms with van der Waals surface area (Å²) in [6.45, 7) is 1.91. The number of aliphatic carboxylic acids is 1. The molecular formula is C16H22N2O3. The van der Waals surface area contributed by atoms with Crippen LogP contribution in [0.25, 0.3) is 0 Å². The predicted octanol–water partition coefficient (Wildman–Crippen LogP) is 3.14. The fraction of sp³-hybridized carbons (Fsp3) is 0.562. The Hall–Kier alpha value is -1.91. The Kier molecular flexibility index (Phi) is 4.94. The average molecular weight is 290 g/mol. The molecule has 1 saturated carbocycles. The lowest BCUT2D eigenvalue weighted by Gasteiger charge is -2.35. The van der Waals surface area contributed by atoms with E-state index in [0.717, 1.165) is 37.7 Å². The van der Waals surface area contributed by atoms with Crippen LogP contribution in [-0.4, -0.2) is 22.0 Å². The quantitative estimate of drug-likeness (QED) is 0.873. The Bertz CT molecular complexity index is 522. The first-order valence-corrected chi connectivity index (χ1v) is 7.43. The number of carboxylic acid groups (broad SMARTS) is 1. The molecule has 1 aliphatic carbocycles. The van der Waals surface area contributed by atoms with Gasteiger partial charge in [-0.2, -0.15) is 0 Å². The summed E-state index contributed by atoms with van der Waals surface area (Å²) in [5.74, 6) is -0.934. The number of amides is 1. The Morgan fingerprint density at radius 3 is 2.62 bits per heavy atom. The monoisotopic (exact) mass is 290 g/mol. The lowest BCUT2D eigenvalue weighted by Crippen LogP contribution is -2.32. The molecule has 1 aromatic heterocycles. The number of carboxylic acids is 1. The topological polar surface area (TPSA) is 79.3 Å². The molecule has 0 bridgehead atoms. The lowest BCUT2D eigenvalue weighted by atomic mass is 9.69. The highest BCUT2D eigenvalue weighted by atomic mass is 16.4. The molecule has 0 aromatic carbocycles. The third-order valence-corrected chi connectivity index (χ3v) is 4.29. The van der Waals surface area contributed by atoms with Gasteiger partial charge in [0.05, 0.1) is 18.3 Å². The zero-order valence-electron chi connectivity index (χ0n) is 12.4. The van der Waals surface area contributed by atoms with Gasteiger partial charge in [0.15, 0.2) is 0 Å². The molecule has 5 nitrogen and oxygen atoms in total. The van der Waals surface area contributed by atoms with Crippen LogP contribution in [0.4, 0.5) is 5.69 Å². The lowest BCUT2D eigenvalue weighted by molar-refractivity contribution is -0.140. The van der Waals surface area contributed by atoms with Crippen LogP contribution < -0.4 is 5.32 Å². The molecule has 1 amide bonds. The molecule has 2 rings (SSSR count). The van der Waals surface area contributed by atoms with Crippen LogP contribution in [-0.2, 0) is 9.59 Å². The van der Waals surface area contributed by atoms with Crippen LogP contribution in [0.1, 0.15) is 50.5 Å². The van der Waals surface area contributed by atoms with E-state index in [9.17, 15) is 9.59 Å². The Morgan fingerprint density at radius 2 is 2.00 bits per heavy atom. The van der Waals surface area contributed by atoms with Crippen LogP contribution >= 0.6 is 0 Å². The number of nitrogens with zero attached hydrogens (tertiary/aromatic N) is 1. The Morgan fingerprint density at radius 1 is 1.29 bits per heavy atom. The highest BCUT2D eigenvalue weighted by Crippen LogP contribution is 2.42. The second-order valence-corrected chi connectivity index (χ2v) is 6.05. The predicted molar refractivity (Wildman–Crippen MR) is 80.0 cm³/mol. The third-order valence-electron chi connectivity index (χ3n) is 4.29. The summed E-state index contributed by atoms with van der Waals surface area (Å²) in [7, 11) is 0. The van der Waals surface area contributed by atoms with Crippen molar-refractivity contribution in [2.45, 2.75) is 51.9 Å². The second-order valence-electron chi connectivity index (χ2n) is 6.05. The first kappa shape index (κ1) is 15.5. The fourth-order valence-electron chi connectivity index (χ4n) is 3.17. The van der Waals surface area contributed by atoms with E-state index in [0.29, 0.717) is 5.69 Å². The second kappa shape index (κ2) is 6.70. The van der Waals surface area contributed by atoms with Gasteiger partial charge in [0, 0.05) is 12.6 Å². The summed E-state index contributed by atoms with van der Waals surface area (Å²) in [5.41, 5.74) is 1.27. The van der Waals surface area contributed by atoms with E-state index < -0.39 is 5.97 Å². The normalized spacial score (nSPS) is 17.2. The van der Waals surface area contributed by atoms with E-state index in [1.807, 2.05) is 13.0 Å². The van der Waals surface area contributed by atoms with Crippen molar-refractivity contribution in [1.29, 1.82) is 0 Å². The number of rotatable bonds is 5. The summed E-state index contributed by atoms with van der Waals surface area (Å²) < 4.78 is 0. The van der Waals surface area contributed by atoms with Crippen molar-refractivity contribution >= 4 is 17.6 Å². The number of anilines is 1. The molecule has 114 valence electrons. The molecule has 0 atom stereocenters. The van der Waals surface area contributed by atoms with Crippen LogP contribution in [0.2, 0.25) is 0 Å². The van der Waals surface area contributed by atoms with Crippen molar-refractivity contribution in [1.82, 2.24) is 4.98 Å². The first-order chi connectivity index (χ1) is 10.0. The summed E-state index contributed by atoms with van der Waals surface area (Å²) >= 11 is 0. The molecule has 21 heavy (non-hydrogen) atoms. The van der Waals surface area contributed by atoms with E-state index >= 15 is 0 Å². The summed E-state index contributed by atoms with van der Waals surface area (Å²) in [6, 6.07) is 1.84. The number of pyridine rings is 1. The summed E-state index contributed by atoms with van der Waals surface area (Å²) in [5, 5.41) is 12.0. The molecule has 5 heteroatoms.